The summed E-state index contributed by atoms with van der Waals surface area (Å²) in [6, 6.07) is 8.29. The Kier molecular flexibility index (Phi) is 5.62. The predicted molar refractivity (Wildman–Crippen MR) is 84.8 cm³/mol. The minimum atomic E-state index is -0.0259. The SMILES string of the molecule is CCOc1ccccc1C(=O)NC1CCN(C(C)C)CC1. The standard InChI is InChI=1S/C17H26N2O2/c1-4-21-16-8-6-5-7-15(16)17(20)18-14-9-11-19(12-10-14)13(2)3/h5-8,13-14H,4,9-12H2,1-3H3,(H,18,20). The van der Waals surface area contributed by atoms with E-state index in [9.17, 15) is 4.79 Å². The number of benzene rings is 1. The van der Waals surface area contributed by atoms with E-state index >= 15 is 0 Å². The van der Waals surface area contributed by atoms with Crippen molar-refractivity contribution in [3.05, 3.63) is 29.8 Å². The van der Waals surface area contributed by atoms with Gasteiger partial charge in [-0.05, 0) is 45.7 Å². The van der Waals surface area contributed by atoms with Crippen molar-refractivity contribution in [1.29, 1.82) is 0 Å². The molecule has 1 N–H and O–H groups in total. The van der Waals surface area contributed by atoms with E-state index in [0.717, 1.165) is 25.9 Å². The van der Waals surface area contributed by atoms with Crippen molar-refractivity contribution in [1.82, 2.24) is 10.2 Å². The largest absolute Gasteiger partial charge is 0.493 e. The topological polar surface area (TPSA) is 41.6 Å². The van der Waals surface area contributed by atoms with Crippen LogP contribution in [0.15, 0.2) is 24.3 Å². The van der Waals surface area contributed by atoms with Crippen molar-refractivity contribution in [3.63, 3.8) is 0 Å². The zero-order valence-corrected chi connectivity index (χ0v) is 13.3. The van der Waals surface area contributed by atoms with Crippen LogP contribution in [0, 0.1) is 0 Å². The minimum Gasteiger partial charge on any atom is -0.493 e. The zero-order chi connectivity index (χ0) is 15.2. The van der Waals surface area contributed by atoms with E-state index in [0.29, 0.717) is 24.0 Å². The number of amides is 1. The van der Waals surface area contributed by atoms with Crippen LogP contribution < -0.4 is 10.1 Å². The first-order chi connectivity index (χ1) is 10.1. The number of piperidine rings is 1. The predicted octanol–water partition coefficient (Wildman–Crippen LogP) is 2.69. The lowest BCUT2D eigenvalue weighted by Gasteiger charge is -2.34. The molecule has 0 radical (unpaired) electrons. The van der Waals surface area contributed by atoms with E-state index in [-0.39, 0.29) is 11.9 Å². The second-order valence-electron chi connectivity index (χ2n) is 5.81. The molecule has 0 atom stereocenters. The summed E-state index contributed by atoms with van der Waals surface area (Å²) >= 11 is 0. The zero-order valence-electron chi connectivity index (χ0n) is 13.3. The third kappa shape index (κ3) is 4.21. The fraction of sp³-hybridized carbons (Fsp3) is 0.588. The molecule has 0 unspecified atom stereocenters. The summed E-state index contributed by atoms with van der Waals surface area (Å²) in [6.45, 7) is 9.04. The summed E-state index contributed by atoms with van der Waals surface area (Å²) < 4.78 is 5.53. The molecule has 1 aliphatic rings. The number of hydrogen-bond donors (Lipinski definition) is 1. The Morgan fingerprint density at radius 3 is 2.62 bits per heavy atom. The van der Waals surface area contributed by atoms with E-state index in [4.69, 9.17) is 4.74 Å². The van der Waals surface area contributed by atoms with Gasteiger partial charge in [-0.25, -0.2) is 0 Å². The molecule has 0 spiro atoms. The van der Waals surface area contributed by atoms with Crippen LogP contribution in [-0.4, -0.2) is 42.6 Å². The maximum absolute atomic E-state index is 12.4. The van der Waals surface area contributed by atoms with Gasteiger partial charge in [0.25, 0.3) is 5.91 Å². The second-order valence-corrected chi connectivity index (χ2v) is 5.81. The van der Waals surface area contributed by atoms with E-state index in [1.807, 2.05) is 31.2 Å². The lowest BCUT2D eigenvalue weighted by Crippen LogP contribution is -2.46. The lowest BCUT2D eigenvalue weighted by molar-refractivity contribution is 0.0897. The van der Waals surface area contributed by atoms with Crippen LogP contribution >= 0.6 is 0 Å². The molecule has 1 aliphatic heterocycles. The maximum Gasteiger partial charge on any atom is 0.255 e. The van der Waals surface area contributed by atoms with Gasteiger partial charge in [0.2, 0.25) is 0 Å². The van der Waals surface area contributed by atoms with Gasteiger partial charge in [-0.1, -0.05) is 12.1 Å². The van der Waals surface area contributed by atoms with Crippen molar-refractivity contribution in [2.45, 2.75) is 45.7 Å². The van der Waals surface area contributed by atoms with Crippen LogP contribution in [0.5, 0.6) is 5.75 Å². The van der Waals surface area contributed by atoms with Crippen LogP contribution in [0.2, 0.25) is 0 Å². The molecule has 1 saturated heterocycles. The van der Waals surface area contributed by atoms with Gasteiger partial charge in [0.1, 0.15) is 5.75 Å². The number of carbonyl (C=O) groups is 1. The van der Waals surface area contributed by atoms with Crippen molar-refractivity contribution >= 4 is 5.91 Å². The molecule has 1 aromatic carbocycles. The molecule has 2 rings (SSSR count). The number of likely N-dealkylation sites (tertiary alicyclic amines) is 1. The molecule has 0 aliphatic carbocycles. The van der Waals surface area contributed by atoms with Crippen molar-refractivity contribution < 1.29 is 9.53 Å². The van der Waals surface area contributed by atoms with Gasteiger partial charge >= 0.3 is 0 Å². The molecule has 4 nitrogen and oxygen atoms in total. The number of nitrogens with zero attached hydrogens (tertiary/aromatic N) is 1. The highest BCUT2D eigenvalue weighted by Crippen LogP contribution is 2.19. The molecule has 0 bridgehead atoms. The summed E-state index contributed by atoms with van der Waals surface area (Å²) in [7, 11) is 0. The molecule has 1 fully saturated rings. The molecule has 4 heteroatoms. The number of nitrogens with one attached hydrogen (secondary N) is 1. The molecule has 0 aromatic heterocycles. The summed E-state index contributed by atoms with van der Waals surface area (Å²) in [5, 5.41) is 3.15. The minimum absolute atomic E-state index is 0.0259. The summed E-state index contributed by atoms with van der Waals surface area (Å²) in [5.41, 5.74) is 0.630. The Morgan fingerprint density at radius 2 is 2.00 bits per heavy atom. The average Bonchev–Trinajstić information content (AvgIpc) is 2.48. The molecule has 1 aromatic rings. The van der Waals surface area contributed by atoms with Crippen molar-refractivity contribution in [3.8, 4) is 5.75 Å². The second kappa shape index (κ2) is 7.46. The first kappa shape index (κ1) is 15.8. The molecular weight excluding hydrogens is 264 g/mol. The van der Waals surface area contributed by atoms with Gasteiger partial charge in [0.05, 0.1) is 12.2 Å². The molecule has 1 heterocycles. The first-order valence-corrected chi connectivity index (χ1v) is 7.88. The van der Waals surface area contributed by atoms with Gasteiger partial charge in [0.15, 0.2) is 0 Å². The van der Waals surface area contributed by atoms with Crippen LogP contribution in [-0.2, 0) is 0 Å². The van der Waals surface area contributed by atoms with Crippen LogP contribution in [0.4, 0.5) is 0 Å². The van der Waals surface area contributed by atoms with Crippen molar-refractivity contribution in [2.75, 3.05) is 19.7 Å². The average molecular weight is 290 g/mol. The Balaban J connectivity index is 1.93. The normalized spacial score (nSPS) is 17.0. The first-order valence-electron chi connectivity index (χ1n) is 7.88. The Labute approximate surface area is 127 Å². The number of carbonyl (C=O) groups excluding carboxylic acids is 1. The molecule has 1 amide bonds. The molecule has 21 heavy (non-hydrogen) atoms. The third-order valence-corrected chi connectivity index (χ3v) is 4.03. The van der Waals surface area contributed by atoms with E-state index in [1.54, 1.807) is 0 Å². The van der Waals surface area contributed by atoms with Crippen LogP contribution in [0.3, 0.4) is 0 Å². The highest BCUT2D eigenvalue weighted by atomic mass is 16.5. The Hall–Kier alpha value is -1.55. The summed E-state index contributed by atoms with van der Waals surface area (Å²) in [4.78, 5) is 14.9. The van der Waals surface area contributed by atoms with E-state index in [2.05, 4.69) is 24.1 Å². The van der Waals surface area contributed by atoms with Gasteiger partial charge < -0.3 is 15.0 Å². The number of ether oxygens (including phenoxy) is 1. The Morgan fingerprint density at radius 1 is 1.33 bits per heavy atom. The fourth-order valence-electron chi connectivity index (χ4n) is 2.76. The van der Waals surface area contributed by atoms with Crippen molar-refractivity contribution in [2.24, 2.45) is 0 Å². The third-order valence-electron chi connectivity index (χ3n) is 4.03. The highest BCUT2D eigenvalue weighted by molar-refractivity contribution is 5.97. The smallest absolute Gasteiger partial charge is 0.255 e. The number of para-hydroxylation sites is 1. The molecular formula is C17H26N2O2. The van der Waals surface area contributed by atoms with E-state index < -0.39 is 0 Å². The highest BCUT2D eigenvalue weighted by Gasteiger charge is 2.23. The van der Waals surface area contributed by atoms with Crippen LogP contribution in [0.1, 0.15) is 44.0 Å². The maximum atomic E-state index is 12.4. The number of hydrogen-bond acceptors (Lipinski definition) is 3. The monoisotopic (exact) mass is 290 g/mol. The Bertz CT molecular complexity index is 466. The van der Waals surface area contributed by atoms with E-state index in [1.165, 1.54) is 0 Å². The van der Waals surface area contributed by atoms with Gasteiger partial charge in [-0.15, -0.1) is 0 Å². The van der Waals surface area contributed by atoms with Crippen LogP contribution in [0.25, 0.3) is 0 Å². The van der Waals surface area contributed by atoms with Gasteiger partial charge in [0, 0.05) is 25.2 Å². The van der Waals surface area contributed by atoms with Gasteiger partial charge in [-0.2, -0.15) is 0 Å². The fourth-order valence-corrected chi connectivity index (χ4v) is 2.76. The van der Waals surface area contributed by atoms with Gasteiger partial charge in [-0.3, -0.25) is 4.79 Å². The summed E-state index contributed by atoms with van der Waals surface area (Å²) in [5.74, 6) is 0.638. The quantitative estimate of drug-likeness (QED) is 0.906. The molecule has 116 valence electrons. The molecule has 0 saturated carbocycles. The number of rotatable bonds is 5. The summed E-state index contributed by atoms with van der Waals surface area (Å²) in [6.07, 6.45) is 2.03. The lowest BCUT2D eigenvalue weighted by atomic mass is 10.0.